The molecule has 4 nitrogen and oxygen atoms in total. The van der Waals surface area contributed by atoms with Gasteiger partial charge in [0.1, 0.15) is 5.76 Å². The largest absolute Gasteiger partial charge is 0.446 e. The highest BCUT2D eigenvalue weighted by molar-refractivity contribution is 5.78. The van der Waals surface area contributed by atoms with Crippen molar-refractivity contribution in [2.24, 2.45) is 5.73 Å². The van der Waals surface area contributed by atoms with Gasteiger partial charge in [-0.25, -0.2) is 0 Å². The van der Waals surface area contributed by atoms with Gasteiger partial charge in [0.05, 0.1) is 6.54 Å². The summed E-state index contributed by atoms with van der Waals surface area (Å²) < 4.78 is 5.12. The van der Waals surface area contributed by atoms with Gasteiger partial charge in [-0.3, -0.25) is 4.79 Å². The van der Waals surface area contributed by atoms with Gasteiger partial charge in [0.15, 0.2) is 5.88 Å². The van der Waals surface area contributed by atoms with Gasteiger partial charge in [-0.2, -0.15) is 0 Å². The summed E-state index contributed by atoms with van der Waals surface area (Å²) in [7, 11) is 0. The van der Waals surface area contributed by atoms with Crippen LogP contribution in [-0.4, -0.2) is 12.5 Å². The summed E-state index contributed by atoms with van der Waals surface area (Å²) in [5, 5.41) is 2.72. The van der Waals surface area contributed by atoms with Gasteiger partial charge in [0.25, 0.3) is 0 Å². The number of hydrogen-bond acceptors (Lipinski definition) is 3. The Morgan fingerprint density at radius 3 is 2.91 bits per heavy atom. The maximum Gasteiger partial charge on any atom is 0.236 e. The number of nitrogens with one attached hydrogen (secondary N) is 1. The molecule has 4 heteroatoms. The Labute approximate surface area is 64.4 Å². The summed E-state index contributed by atoms with van der Waals surface area (Å²) in [6.45, 7) is 1.93. The first kappa shape index (κ1) is 7.65. The minimum atomic E-state index is -0.404. The van der Waals surface area contributed by atoms with Crippen molar-refractivity contribution in [3.63, 3.8) is 0 Å². The van der Waals surface area contributed by atoms with Crippen LogP contribution in [0, 0.1) is 6.92 Å². The summed E-state index contributed by atoms with van der Waals surface area (Å²) in [6, 6.07) is 3.56. The first-order valence-electron chi connectivity index (χ1n) is 3.27. The van der Waals surface area contributed by atoms with Crippen LogP contribution in [0.2, 0.25) is 0 Å². The molecule has 0 aliphatic heterocycles. The van der Waals surface area contributed by atoms with E-state index < -0.39 is 5.91 Å². The molecule has 1 amide bonds. The molecule has 0 aromatic carbocycles. The number of nitrogens with two attached hydrogens (primary N) is 1. The van der Waals surface area contributed by atoms with Crippen molar-refractivity contribution in [1.29, 1.82) is 0 Å². The van der Waals surface area contributed by atoms with E-state index in [1.807, 2.05) is 13.0 Å². The van der Waals surface area contributed by atoms with Gasteiger partial charge in [0, 0.05) is 6.07 Å². The Balaban J connectivity index is 2.45. The molecule has 0 unspecified atom stereocenters. The zero-order chi connectivity index (χ0) is 8.27. The predicted octanol–water partition coefficient (Wildman–Crippen LogP) is 0.485. The van der Waals surface area contributed by atoms with E-state index in [1.165, 1.54) is 0 Å². The van der Waals surface area contributed by atoms with Crippen molar-refractivity contribution in [3.05, 3.63) is 17.9 Å². The fraction of sp³-hybridized carbons (Fsp3) is 0.286. The SMILES string of the molecule is Cc1ccc(NCC(N)=O)o1. The van der Waals surface area contributed by atoms with Crippen LogP contribution in [-0.2, 0) is 4.79 Å². The lowest BCUT2D eigenvalue weighted by atomic mass is 10.5. The lowest BCUT2D eigenvalue weighted by Gasteiger charge is -1.96. The molecule has 0 bridgehead atoms. The lowest BCUT2D eigenvalue weighted by Crippen LogP contribution is -2.21. The van der Waals surface area contributed by atoms with Crippen LogP contribution in [0.4, 0.5) is 5.88 Å². The fourth-order valence-electron chi connectivity index (χ4n) is 0.704. The minimum Gasteiger partial charge on any atom is -0.446 e. The highest BCUT2D eigenvalue weighted by atomic mass is 16.4. The number of furan rings is 1. The van der Waals surface area contributed by atoms with E-state index in [2.05, 4.69) is 5.32 Å². The highest BCUT2D eigenvalue weighted by Crippen LogP contribution is 2.10. The molecule has 0 spiro atoms. The van der Waals surface area contributed by atoms with Gasteiger partial charge in [0.2, 0.25) is 5.91 Å². The second kappa shape index (κ2) is 3.09. The molecule has 0 fully saturated rings. The molecule has 0 aliphatic rings. The molecule has 0 saturated carbocycles. The molecule has 3 N–H and O–H groups in total. The summed E-state index contributed by atoms with van der Waals surface area (Å²) in [5.41, 5.74) is 4.90. The minimum absolute atomic E-state index is 0.104. The van der Waals surface area contributed by atoms with Crippen molar-refractivity contribution >= 4 is 11.8 Å². The molecule has 1 heterocycles. The monoisotopic (exact) mass is 154 g/mol. The van der Waals surface area contributed by atoms with Crippen LogP contribution in [0.15, 0.2) is 16.5 Å². The Morgan fingerprint density at radius 2 is 2.45 bits per heavy atom. The van der Waals surface area contributed by atoms with E-state index in [1.54, 1.807) is 6.07 Å². The second-order valence-electron chi connectivity index (χ2n) is 2.23. The van der Waals surface area contributed by atoms with Crippen LogP contribution in [0.25, 0.3) is 0 Å². The van der Waals surface area contributed by atoms with Crippen molar-refractivity contribution in [1.82, 2.24) is 0 Å². The van der Waals surface area contributed by atoms with E-state index in [-0.39, 0.29) is 6.54 Å². The van der Waals surface area contributed by atoms with Gasteiger partial charge in [-0.15, -0.1) is 0 Å². The molecule has 0 saturated heterocycles. The second-order valence-corrected chi connectivity index (χ2v) is 2.23. The number of anilines is 1. The molecule has 0 radical (unpaired) electrons. The maximum atomic E-state index is 10.3. The number of rotatable bonds is 3. The predicted molar refractivity (Wildman–Crippen MR) is 41.1 cm³/mol. The van der Waals surface area contributed by atoms with Gasteiger partial charge >= 0.3 is 0 Å². The Morgan fingerprint density at radius 1 is 1.73 bits per heavy atom. The zero-order valence-electron chi connectivity index (χ0n) is 6.26. The van der Waals surface area contributed by atoms with E-state index >= 15 is 0 Å². The van der Waals surface area contributed by atoms with E-state index in [9.17, 15) is 4.79 Å². The Bertz CT molecular complexity index is 255. The van der Waals surface area contributed by atoms with Crippen molar-refractivity contribution < 1.29 is 9.21 Å². The molecule has 0 atom stereocenters. The average molecular weight is 154 g/mol. The van der Waals surface area contributed by atoms with Crippen LogP contribution < -0.4 is 11.1 Å². The fourth-order valence-corrected chi connectivity index (χ4v) is 0.704. The normalized spacial score (nSPS) is 9.55. The average Bonchev–Trinajstić information content (AvgIpc) is 2.31. The quantitative estimate of drug-likeness (QED) is 0.665. The Hall–Kier alpha value is -1.45. The molecule has 11 heavy (non-hydrogen) atoms. The molecule has 1 aromatic rings. The van der Waals surface area contributed by atoms with Crippen molar-refractivity contribution in [2.75, 3.05) is 11.9 Å². The first-order valence-corrected chi connectivity index (χ1v) is 3.27. The van der Waals surface area contributed by atoms with E-state index in [0.29, 0.717) is 5.88 Å². The molecule has 1 rings (SSSR count). The maximum absolute atomic E-state index is 10.3. The number of carbonyl (C=O) groups excluding carboxylic acids is 1. The van der Waals surface area contributed by atoms with E-state index in [4.69, 9.17) is 10.2 Å². The molecule has 1 aromatic heterocycles. The van der Waals surface area contributed by atoms with Crippen molar-refractivity contribution in [3.8, 4) is 0 Å². The smallest absolute Gasteiger partial charge is 0.236 e. The van der Waals surface area contributed by atoms with Crippen LogP contribution in [0.3, 0.4) is 0 Å². The Kier molecular flexibility index (Phi) is 2.15. The summed E-state index contributed by atoms with van der Waals surface area (Å²) in [6.07, 6.45) is 0. The third-order valence-corrected chi connectivity index (χ3v) is 1.18. The standard InChI is InChI=1S/C7H10N2O2/c1-5-2-3-7(11-5)9-4-6(8)10/h2-3,9H,4H2,1H3,(H2,8,10). The van der Waals surface area contributed by atoms with E-state index in [0.717, 1.165) is 5.76 Å². The molecular weight excluding hydrogens is 144 g/mol. The number of primary amides is 1. The van der Waals surface area contributed by atoms with Gasteiger partial charge in [-0.05, 0) is 13.0 Å². The molecular formula is C7H10N2O2. The van der Waals surface area contributed by atoms with Gasteiger partial charge < -0.3 is 15.5 Å². The summed E-state index contributed by atoms with van der Waals surface area (Å²) in [5.74, 6) is 0.970. The topological polar surface area (TPSA) is 68.3 Å². The number of aryl methyl sites for hydroxylation is 1. The lowest BCUT2D eigenvalue weighted by molar-refractivity contribution is -0.116. The van der Waals surface area contributed by atoms with Crippen LogP contribution in [0.1, 0.15) is 5.76 Å². The highest BCUT2D eigenvalue weighted by Gasteiger charge is 1.97. The molecule has 60 valence electrons. The van der Waals surface area contributed by atoms with Crippen molar-refractivity contribution in [2.45, 2.75) is 6.92 Å². The van der Waals surface area contributed by atoms with Gasteiger partial charge in [-0.1, -0.05) is 0 Å². The zero-order valence-corrected chi connectivity index (χ0v) is 6.26. The first-order chi connectivity index (χ1) is 5.18. The summed E-state index contributed by atoms with van der Waals surface area (Å²) >= 11 is 0. The third kappa shape index (κ3) is 2.33. The third-order valence-electron chi connectivity index (χ3n) is 1.18. The summed E-state index contributed by atoms with van der Waals surface area (Å²) in [4.78, 5) is 10.3. The number of carbonyl (C=O) groups is 1. The van der Waals surface area contributed by atoms with Crippen LogP contribution >= 0.6 is 0 Å². The number of amides is 1. The number of hydrogen-bond donors (Lipinski definition) is 2. The van der Waals surface area contributed by atoms with Crippen LogP contribution in [0.5, 0.6) is 0 Å². The molecule has 0 aliphatic carbocycles.